The van der Waals surface area contributed by atoms with Crippen LogP contribution in [0.15, 0.2) is 436 Å². The molecule has 21 aromatic carbocycles. The zero-order chi connectivity index (χ0) is 99.2. The van der Waals surface area contributed by atoms with Crippen molar-refractivity contribution in [1.29, 1.82) is 0 Å². The predicted octanol–water partition coefficient (Wildman–Crippen LogP) is 32.0. The van der Waals surface area contributed by atoms with Gasteiger partial charge in [-0.25, -0.2) is 0 Å². The Bertz CT molecular complexity index is 9440. The van der Waals surface area contributed by atoms with Crippen molar-refractivity contribution in [1.82, 2.24) is 9.13 Å². The second kappa shape index (κ2) is 29.4. The van der Waals surface area contributed by atoms with Crippen LogP contribution < -0.4 is 30.9 Å². The summed E-state index contributed by atoms with van der Waals surface area (Å²) in [4.78, 5) is 4.84. The van der Waals surface area contributed by atoms with E-state index in [2.05, 4.69) is 299 Å². The minimum atomic E-state index is -0.847. The molecule has 3 aliphatic rings. The summed E-state index contributed by atoms with van der Waals surface area (Å²) in [6.45, 7) is 10.3. The van der Waals surface area contributed by atoms with E-state index >= 15 is 0 Å². The Labute approximate surface area is 781 Å². The molecule has 131 heavy (non-hydrogen) atoms. The molecule has 23 aromatic rings. The molecule has 5 heterocycles. The normalized spacial score (nSPS) is 14.6. The highest BCUT2D eigenvalue weighted by atomic mass is 16.5. The second-order valence-corrected chi connectivity index (χ2v) is 36.2. The van der Waals surface area contributed by atoms with Gasteiger partial charge in [-0.05, 0) is 217 Å². The molecular formula is C125H87BN4O. The Morgan fingerprint density at radius 3 is 1.21 bits per heavy atom. The molecule has 0 radical (unpaired) electrons. The number of aromatic nitrogens is 2. The molecular weight excluding hydrogens is 1580 g/mol. The maximum absolute atomic E-state index is 10.5. The van der Waals surface area contributed by atoms with Gasteiger partial charge >= 0.3 is 0 Å². The molecule has 0 aliphatic carbocycles. The smallest absolute Gasteiger partial charge is 0.252 e. The van der Waals surface area contributed by atoms with Crippen LogP contribution in [0, 0.1) is 0 Å². The molecule has 0 saturated carbocycles. The summed E-state index contributed by atoms with van der Waals surface area (Å²) in [5, 5.41) is 8.83. The quantitative estimate of drug-likeness (QED) is 0.0953. The van der Waals surface area contributed by atoms with E-state index in [-0.39, 0.29) is 91.0 Å². The Morgan fingerprint density at radius 1 is 0.282 bits per heavy atom. The van der Waals surface area contributed by atoms with Gasteiger partial charge in [0.2, 0.25) is 0 Å². The van der Waals surface area contributed by atoms with Crippen LogP contribution >= 0.6 is 0 Å². The monoisotopic (exact) mass is 1680 g/mol. The predicted molar refractivity (Wildman–Crippen MR) is 555 cm³/mol. The zero-order valence-electron chi connectivity index (χ0n) is 86.3. The number of hydrogen-bond donors (Lipinski definition) is 0. The van der Waals surface area contributed by atoms with E-state index in [1.165, 1.54) is 0 Å². The van der Waals surface area contributed by atoms with Crippen LogP contribution in [0.2, 0.25) is 0 Å². The molecule has 616 valence electrons. The third-order valence-corrected chi connectivity index (χ3v) is 27.7. The largest absolute Gasteiger partial charge is 0.457 e. The third kappa shape index (κ3) is 11.7. The van der Waals surface area contributed by atoms with E-state index in [1.54, 1.807) is 9.13 Å². The maximum atomic E-state index is 10.5. The van der Waals surface area contributed by atoms with Crippen molar-refractivity contribution in [2.24, 2.45) is 0 Å². The zero-order valence-corrected chi connectivity index (χ0v) is 72.3. The lowest BCUT2D eigenvalue weighted by atomic mass is 9.33. The molecule has 0 amide bonds. The number of rotatable bonds is 11. The average molecular weight is 1690 g/mol. The molecule has 0 fully saturated rings. The highest BCUT2D eigenvalue weighted by molar-refractivity contribution is 7.00. The van der Waals surface area contributed by atoms with Gasteiger partial charge in [-0.1, -0.05) is 380 Å². The fourth-order valence-corrected chi connectivity index (χ4v) is 21.6. The van der Waals surface area contributed by atoms with E-state index in [1.807, 2.05) is 97.1 Å². The Morgan fingerprint density at radius 2 is 0.702 bits per heavy atom. The minimum absolute atomic E-state index is 0.0307. The van der Waals surface area contributed by atoms with E-state index < -0.39 is 65.9 Å². The van der Waals surface area contributed by atoms with Crippen LogP contribution in [-0.2, 0) is 10.8 Å². The first-order chi connectivity index (χ1) is 70.2. The first-order valence-electron chi connectivity index (χ1n) is 51.7. The van der Waals surface area contributed by atoms with Gasteiger partial charge in [0.05, 0.1) is 52.6 Å². The molecule has 26 rings (SSSR count). The van der Waals surface area contributed by atoms with E-state index in [9.17, 15) is 19.2 Å². The highest BCUT2D eigenvalue weighted by Gasteiger charge is 2.47. The fraction of sp³-hybridized carbons (Fsp3) is 0.0560. The highest BCUT2D eigenvalue weighted by Crippen LogP contribution is 2.58. The molecule has 0 N–H and O–H groups in total. The van der Waals surface area contributed by atoms with Gasteiger partial charge in [-0.2, -0.15) is 0 Å². The molecule has 0 spiro atoms. The molecule has 3 aliphatic heterocycles. The van der Waals surface area contributed by atoms with Gasteiger partial charge in [0.15, 0.2) is 0 Å². The van der Waals surface area contributed by atoms with Gasteiger partial charge in [0.25, 0.3) is 6.71 Å². The number of hydrogen-bond acceptors (Lipinski definition) is 3. The van der Waals surface area contributed by atoms with Gasteiger partial charge in [-0.3, -0.25) is 0 Å². The summed E-state index contributed by atoms with van der Waals surface area (Å²) in [5.41, 5.74) is 19.4. The van der Waals surface area contributed by atoms with Crippen LogP contribution in [0.5, 0.6) is 11.5 Å². The molecule has 5 nitrogen and oxygen atoms in total. The summed E-state index contributed by atoms with van der Waals surface area (Å²) < 4.78 is 151. The molecule has 0 bridgehead atoms. The number of para-hydroxylation sites is 4. The van der Waals surface area contributed by atoms with Gasteiger partial charge < -0.3 is 23.7 Å². The van der Waals surface area contributed by atoms with Crippen molar-refractivity contribution in [3.63, 3.8) is 0 Å². The molecule has 0 unspecified atom stereocenters. The van der Waals surface area contributed by atoms with Crippen LogP contribution in [0.4, 0.5) is 34.1 Å². The van der Waals surface area contributed by atoms with Crippen molar-refractivity contribution in [3.05, 3.63) is 453 Å². The number of nitrogens with zero attached hydrogens (tertiary/aromatic N) is 4. The lowest BCUT2D eigenvalue weighted by Gasteiger charge is -2.46. The number of ether oxygens (including phenoxy) is 1. The van der Waals surface area contributed by atoms with Crippen molar-refractivity contribution in [2.45, 2.75) is 45.4 Å². The fourth-order valence-electron chi connectivity index (χ4n) is 21.6. The number of benzene rings is 21. The second-order valence-electron chi connectivity index (χ2n) is 36.2. The Hall–Kier alpha value is -16.3. The summed E-state index contributed by atoms with van der Waals surface area (Å²) in [7, 11) is 0. The third-order valence-electron chi connectivity index (χ3n) is 27.7. The lowest BCUT2D eigenvalue weighted by Crippen LogP contribution is -2.61. The first-order valence-corrected chi connectivity index (χ1v) is 44.7. The summed E-state index contributed by atoms with van der Waals surface area (Å²) in [5.74, 6) is 1.45. The Kier molecular flexibility index (Phi) is 14.1. The number of anilines is 6. The lowest BCUT2D eigenvalue weighted by molar-refractivity contribution is 0.418. The van der Waals surface area contributed by atoms with E-state index in [0.717, 1.165) is 155 Å². The molecule has 2 aromatic heterocycles. The van der Waals surface area contributed by atoms with Crippen LogP contribution in [-0.4, -0.2) is 15.8 Å². The van der Waals surface area contributed by atoms with Crippen molar-refractivity contribution in [3.8, 4) is 101 Å². The van der Waals surface area contributed by atoms with Crippen molar-refractivity contribution < 1.29 is 23.9 Å². The van der Waals surface area contributed by atoms with Gasteiger partial charge in [0.1, 0.15) is 11.5 Å². The van der Waals surface area contributed by atoms with Crippen molar-refractivity contribution >= 4 is 144 Å². The first kappa shape index (κ1) is 62.8. The van der Waals surface area contributed by atoms with Crippen LogP contribution in [0.3, 0.4) is 0 Å². The van der Waals surface area contributed by atoms with E-state index in [4.69, 9.17) is 4.74 Å². The Balaban J connectivity index is 0.888. The van der Waals surface area contributed by atoms with Crippen LogP contribution in [0.25, 0.3) is 176 Å². The summed E-state index contributed by atoms with van der Waals surface area (Å²) >= 11 is 0. The summed E-state index contributed by atoms with van der Waals surface area (Å²) in [6.07, 6.45) is 0. The van der Waals surface area contributed by atoms with E-state index in [0.29, 0.717) is 45.3 Å². The molecule has 0 saturated heterocycles. The molecule has 0 atom stereocenters. The maximum Gasteiger partial charge on any atom is 0.252 e. The summed E-state index contributed by atoms with van der Waals surface area (Å²) in [6, 6.07) is 115. The standard InChI is InChI=1S/C125H87BN4O/c1-124(2,3)86-74-103(80-37-14-8-15-38-80)123(104(75-86)81-39-16-9-17-40-81)130-114-77-88(128-110-57-26-23-46-102(110)120-92(48-32-59-112(120)128)79-35-12-7-13-36-79)65-69-108(114)126-107-68-64-87(127-109-56-25-22-45-101(109)119-91(47-31-58-111(119)127)78-33-10-6-11-34-78)76-113(107)129(115-72-85(73-116(130)121(115)126)84-63-70-118-106(71-84)125(4,5)105-55-24-27-60-117(105)131-118)122-99(95-51-28-49-93-89-43-20-18-41-82(89)61-66-97(93)95)53-30-54-100(122)96-52-29-50-94-90-44-21-19-42-83(90)62-67-98(94)96/h6-77H,1-5H3/i22D,23D,25D,26D,31D,32D,45D,46D,47D,48D,56D,57D,58D,59D. The van der Waals surface area contributed by atoms with Crippen molar-refractivity contribution in [2.75, 3.05) is 9.80 Å². The average Bonchev–Trinajstić information content (AvgIpc) is 1.68. The minimum Gasteiger partial charge on any atom is -0.457 e. The van der Waals surface area contributed by atoms with Crippen LogP contribution in [0.1, 0.15) is 70.5 Å². The topological polar surface area (TPSA) is 25.6 Å². The van der Waals surface area contributed by atoms with Gasteiger partial charge in [-0.15, -0.1) is 0 Å². The number of fused-ring (bicyclic) bond motifs is 18. The molecule has 6 heteroatoms. The SMILES string of the molecule is [2H]c1c([2H])c([2H])c2c(c1[2H])c1c(-c3ccccc3)c([2H])c([2H])c([2H])c1n2-c1ccc2c(c1)N(c1c(-c3ccccc3)cc(C(C)(C)C)cc1-c1ccccc1)c1cc(-c3ccc4c(c3)C(C)(C)c3ccccc3O4)cc3c1B2c1ccc(-n2c4c([2H])c([2H])c([2H])c([2H])c4c4c(-c5ccccc5)c([2H])c([2H])c([2H])c42)cc1N3c1c(-c2cccc3c2ccc2ccccc23)cccc1-c1cccc2c1ccc1ccccc12. The van der Waals surface area contributed by atoms with Gasteiger partial charge in [0, 0.05) is 94.5 Å².